The highest BCUT2D eigenvalue weighted by atomic mass is 35.5. The highest BCUT2D eigenvalue weighted by Crippen LogP contribution is 2.57. The number of rotatable bonds is 7. The lowest BCUT2D eigenvalue weighted by atomic mass is 9.52. The first-order chi connectivity index (χ1) is 13.5. The van der Waals surface area contributed by atoms with Crippen molar-refractivity contribution in [2.45, 2.75) is 63.5 Å². The maximum Gasteiger partial charge on any atom is 0.237 e. The number of nitrogens with one attached hydrogen (secondary N) is 1. The van der Waals surface area contributed by atoms with Crippen LogP contribution in [0.2, 0.25) is 5.02 Å². The Morgan fingerprint density at radius 2 is 1.93 bits per heavy atom. The van der Waals surface area contributed by atoms with E-state index in [4.69, 9.17) is 16.9 Å². The first-order valence-electron chi connectivity index (χ1n) is 10.7. The van der Waals surface area contributed by atoms with Crippen LogP contribution < -0.4 is 5.32 Å². The number of nitrogens with zero attached hydrogens (tertiary/aromatic N) is 2. The number of hydrogen-bond acceptors (Lipinski definition) is 3. The van der Waals surface area contributed by atoms with Gasteiger partial charge in [-0.3, -0.25) is 4.79 Å². The summed E-state index contributed by atoms with van der Waals surface area (Å²) in [5, 5.41) is 13.2. The van der Waals surface area contributed by atoms with Crippen molar-refractivity contribution < 1.29 is 4.79 Å². The Hall–Kier alpha value is -1.57. The van der Waals surface area contributed by atoms with Gasteiger partial charge in [-0.1, -0.05) is 23.7 Å². The van der Waals surface area contributed by atoms with Gasteiger partial charge in [0.15, 0.2) is 0 Å². The second-order valence-corrected chi connectivity index (χ2v) is 9.69. The Kier molecular flexibility index (Phi) is 5.67. The van der Waals surface area contributed by atoms with Crippen molar-refractivity contribution in [3.05, 3.63) is 34.9 Å². The van der Waals surface area contributed by atoms with Crippen molar-refractivity contribution in [3.63, 3.8) is 0 Å². The summed E-state index contributed by atoms with van der Waals surface area (Å²) in [4.78, 5) is 15.4. The summed E-state index contributed by atoms with van der Waals surface area (Å²) in [5.74, 6) is 2.48. The van der Waals surface area contributed by atoms with Crippen molar-refractivity contribution in [2.24, 2.45) is 17.8 Å². The maximum absolute atomic E-state index is 13.3. The minimum absolute atomic E-state index is 0.00363. The van der Waals surface area contributed by atoms with Crippen molar-refractivity contribution in [1.29, 1.82) is 5.26 Å². The van der Waals surface area contributed by atoms with Gasteiger partial charge in [-0.15, -0.1) is 0 Å². The molecule has 4 bridgehead atoms. The Labute approximate surface area is 173 Å². The largest absolute Gasteiger partial charge is 0.335 e. The summed E-state index contributed by atoms with van der Waals surface area (Å²) in [6.07, 6.45) is 7.88. The quantitative estimate of drug-likeness (QED) is 0.722. The van der Waals surface area contributed by atoms with E-state index in [1.54, 1.807) is 0 Å². The third-order valence-electron chi connectivity index (χ3n) is 7.23. The number of amides is 1. The lowest BCUT2D eigenvalue weighted by Crippen LogP contribution is -2.62. The number of carbonyl (C=O) groups is 1. The van der Waals surface area contributed by atoms with E-state index in [0.29, 0.717) is 24.5 Å². The molecule has 5 heteroatoms. The molecule has 0 radical (unpaired) electrons. The number of benzene rings is 1. The Bertz CT molecular complexity index is 736. The molecule has 0 aromatic heterocycles. The van der Waals surface area contributed by atoms with Crippen molar-refractivity contribution >= 4 is 17.5 Å². The van der Waals surface area contributed by atoms with E-state index in [-0.39, 0.29) is 17.5 Å². The molecular weight excluding hydrogens is 370 g/mol. The Balaban J connectivity index is 1.45. The van der Waals surface area contributed by atoms with E-state index in [1.807, 2.05) is 24.3 Å². The number of nitriles is 1. The van der Waals surface area contributed by atoms with Crippen LogP contribution in [0.4, 0.5) is 0 Å². The topological polar surface area (TPSA) is 56.1 Å². The number of hydrogen-bond donors (Lipinski definition) is 1. The summed E-state index contributed by atoms with van der Waals surface area (Å²) in [6.45, 7) is 2.93. The second-order valence-electron chi connectivity index (χ2n) is 9.25. The first kappa shape index (κ1) is 19.7. The van der Waals surface area contributed by atoms with E-state index in [0.717, 1.165) is 42.6 Å². The highest BCUT2D eigenvalue weighted by molar-refractivity contribution is 6.30. The molecule has 150 valence electrons. The average Bonchev–Trinajstić information content (AvgIpc) is 2.65. The predicted molar refractivity (Wildman–Crippen MR) is 111 cm³/mol. The molecule has 0 saturated heterocycles. The van der Waals surface area contributed by atoms with Gasteiger partial charge in [0.2, 0.25) is 5.91 Å². The van der Waals surface area contributed by atoms with Crippen molar-refractivity contribution in [2.75, 3.05) is 13.1 Å². The zero-order chi connectivity index (χ0) is 19.7. The molecule has 1 amide bonds. The van der Waals surface area contributed by atoms with Gasteiger partial charge in [0.1, 0.15) is 0 Å². The van der Waals surface area contributed by atoms with Gasteiger partial charge >= 0.3 is 0 Å². The molecule has 4 saturated carbocycles. The van der Waals surface area contributed by atoms with Gasteiger partial charge in [0.05, 0.1) is 19.0 Å². The fourth-order valence-electron chi connectivity index (χ4n) is 6.41. The average molecular weight is 400 g/mol. The van der Waals surface area contributed by atoms with Gasteiger partial charge in [-0.05, 0) is 80.9 Å². The molecule has 1 aromatic rings. The number of carbonyl (C=O) groups excluding carboxylic acids is 1. The normalized spacial score (nSPS) is 31.4. The third-order valence-corrected chi connectivity index (χ3v) is 7.47. The minimum Gasteiger partial charge on any atom is -0.335 e. The van der Waals surface area contributed by atoms with Gasteiger partial charge in [-0.2, -0.15) is 5.26 Å². The van der Waals surface area contributed by atoms with Gasteiger partial charge in [0.25, 0.3) is 0 Å². The molecule has 4 aliphatic carbocycles. The van der Waals surface area contributed by atoms with E-state index in [2.05, 4.69) is 23.2 Å². The van der Waals surface area contributed by atoms with Crippen LogP contribution in [-0.2, 0) is 4.79 Å². The molecule has 1 N–H and O–H groups in total. The second kappa shape index (κ2) is 8.05. The summed E-state index contributed by atoms with van der Waals surface area (Å²) < 4.78 is 0. The van der Waals surface area contributed by atoms with Crippen molar-refractivity contribution in [1.82, 2.24) is 10.2 Å². The van der Waals surface area contributed by atoms with Crippen LogP contribution in [0.5, 0.6) is 0 Å². The van der Waals surface area contributed by atoms with E-state index in [9.17, 15) is 4.79 Å². The van der Waals surface area contributed by atoms with E-state index < -0.39 is 0 Å². The zero-order valence-electron chi connectivity index (χ0n) is 16.7. The summed E-state index contributed by atoms with van der Waals surface area (Å²) in [7, 11) is 0. The SMILES string of the molecule is C[C@H](NCC(=O)N(CCC#N)C12CC3CC(CC(C3)C1)C2)c1cccc(Cl)c1. The van der Waals surface area contributed by atoms with Crippen LogP contribution in [0.25, 0.3) is 0 Å². The predicted octanol–water partition coefficient (Wildman–Crippen LogP) is 4.70. The summed E-state index contributed by atoms with van der Waals surface area (Å²) in [6, 6.07) is 10.1. The van der Waals surface area contributed by atoms with Gasteiger partial charge in [0, 0.05) is 23.1 Å². The van der Waals surface area contributed by atoms with E-state index in [1.165, 1.54) is 19.3 Å². The minimum atomic E-state index is 0.00363. The Morgan fingerprint density at radius 1 is 1.29 bits per heavy atom. The fourth-order valence-corrected chi connectivity index (χ4v) is 6.61. The molecule has 4 nitrogen and oxygen atoms in total. The smallest absolute Gasteiger partial charge is 0.237 e. The van der Waals surface area contributed by atoms with Gasteiger partial charge < -0.3 is 10.2 Å². The monoisotopic (exact) mass is 399 g/mol. The first-order valence-corrected chi connectivity index (χ1v) is 11.0. The van der Waals surface area contributed by atoms with Crippen LogP contribution in [0.3, 0.4) is 0 Å². The molecule has 4 fully saturated rings. The number of halogens is 1. The van der Waals surface area contributed by atoms with Crippen LogP contribution in [0.1, 0.15) is 63.5 Å². The van der Waals surface area contributed by atoms with Crippen molar-refractivity contribution in [3.8, 4) is 6.07 Å². The maximum atomic E-state index is 13.3. The Morgan fingerprint density at radius 3 is 2.50 bits per heavy atom. The van der Waals surface area contributed by atoms with Crippen LogP contribution in [0.15, 0.2) is 24.3 Å². The summed E-state index contributed by atoms with van der Waals surface area (Å²) in [5.41, 5.74) is 1.09. The molecule has 5 rings (SSSR count). The third kappa shape index (κ3) is 3.93. The molecule has 1 atom stereocenters. The molecule has 0 spiro atoms. The lowest BCUT2D eigenvalue weighted by Gasteiger charge is -2.60. The molecule has 4 aliphatic rings. The fraction of sp³-hybridized carbons (Fsp3) is 0.652. The zero-order valence-corrected chi connectivity index (χ0v) is 17.4. The van der Waals surface area contributed by atoms with Crippen LogP contribution in [-0.4, -0.2) is 29.4 Å². The molecule has 28 heavy (non-hydrogen) atoms. The highest BCUT2D eigenvalue weighted by Gasteiger charge is 2.54. The lowest BCUT2D eigenvalue weighted by molar-refractivity contribution is -0.149. The van der Waals surface area contributed by atoms with Crippen LogP contribution >= 0.6 is 11.6 Å². The molecule has 1 aromatic carbocycles. The van der Waals surface area contributed by atoms with Crippen LogP contribution in [0, 0.1) is 29.1 Å². The molecule has 0 unspecified atom stereocenters. The standard InChI is InChI=1S/C23H30ClN3O/c1-16(20-4-2-5-21(24)11-20)26-15-22(28)27(7-3-6-25)23-12-17-8-18(13-23)10-19(9-17)14-23/h2,4-5,11,16-19,26H,3,7-10,12-15H2,1H3/t16-,17?,18?,19?,23?/m0/s1. The van der Waals surface area contributed by atoms with Gasteiger partial charge in [-0.25, -0.2) is 0 Å². The van der Waals surface area contributed by atoms with E-state index >= 15 is 0 Å². The molecule has 0 heterocycles. The summed E-state index contributed by atoms with van der Waals surface area (Å²) >= 11 is 6.10. The molecule has 0 aliphatic heterocycles. The molecular formula is C23H30ClN3O.